The number of hydrogen-bond donors (Lipinski definition) is 0. The summed E-state index contributed by atoms with van der Waals surface area (Å²) in [5.41, 5.74) is 1.98. The van der Waals surface area contributed by atoms with E-state index in [1.165, 1.54) is 5.56 Å². The van der Waals surface area contributed by atoms with Crippen LogP contribution in [0.3, 0.4) is 0 Å². The number of carbonyl (C=O) groups excluding carboxylic acids is 1. The molecule has 0 spiro atoms. The van der Waals surface area contributed by atoms with E-state index in [1.807, 2.05) is 34.0 Å². The van der Waals surface area contributed by atoms with Gasteiger partial charge in [-0.2, -0.15) is 0 Å². The minimum atomic E-state index is -0.381. The summed E-state index contributed by atoms with van der Waals surface area (Å²) in [6.07, 6.45) is 4.01. The Morgan fingerprint density at radius 1 is 1.36 bits per heavy atom. The Morgan fingerprint density at radius 2 is 2.24 bits per heavy atom. The van der Waals surface area contributed by atoms with Crippen LogP contribution in [-0.4, -0.2) is 52.1 Å². The first kappa shape index (κ1) is 16.1. The van der Waals surface area contributed by atoms with E-state index in [1.54, 1.807) is 7.11 Å². The van der Waals surface area contributed by atoms with Crippen molar-refractivity contribution in [3.05, 3.63) is 41.7 Å². The summed E-state index contributed by atoms with van der Waals surface area (Å²) in [7, 11) is 1.64. The number of para-hydroxylation sites is 1. The maximum atomic E-state index is 12.8. The topological polar surface area (TPSA) is 69.5 Å². The quantitative estimate of drug-likeness (QED) is 0.844. The van der Waals surface area contributed by atoms with E-state index in [9.17, 15) is 4.79 Å². The predicted octanol–water partition coefficient (Wildman–Crippen LogP) is 1.59. The van der Waals surface area contributed by atoms with Gasteiger partial charge < -0.3 is 14.4 Å². The highest BCUT2D eigenvalue weighted by molar-refractivity contribution is 5.82. The van der Waals surface area contributed by atoms with Crippen LogP contribution in [0.4, 0.5) is 0 Å². The van der Waals surface area contributed by atoms with Gasteiger partial charge in [-0.1, -0.05) is 23.4 Å². The average molecular weight is 342 g/mol. The summed E-state index contributed by atoms with van der Waals surface area (Å²) >= 11 is 0. The molecule has 3 heterocycles. The number of ether oxygens (including phenoxy) is 2. The van der Waals surface area contributed by atoms with Crippen molar-refractivity contribution >= 4 is 5.91 Å². The standard InChI is InChI=1S/C18H22N4O3/c1-24-12-14-10-22(20-19-14)15-8-9-21(11-15)18(23)17-7-6-13-4-2-3-5-16(13)25-17/h2-5,10,15,17H,6-9,11-12H2,1H3/t15-,17-/m0/s1. The molecule has 0 saturated carbocycles. The Morgan fingerprint density at radius 3 is 3.12 bits per heavy atom. The molecule has 0 radical (unpaired) electrons. The molecule has 4 rings (SSSR count). The molecule has 1 aromatic heterocycles. The summed E-state index contributed by atoms with van der Waals surface area (Å²) in [5, 5.41) is 8.27. The summed E-state index contributed by atoms with van der Waals surface area (Å²) in [6, 6.07) is 8.11. The minimum absolute atomic E-state index is 0.0780. The average Bonchev–Trinajstić information content (AvgIpc) is 3.30. The molecular formula is C18H22N4O3. The number of nitrogens with zero attached hydrogens (tertiary/aromatic N) is 4. The number of benzene rings is 1. The van der Waals surface area contributed by atoms with Crippen LogP contribution in [0.1, 0.15) is 30.1 Å². The smallest absolute Gasteiger partial charge is 0.263 e. The maximum Gasteiger partial charge on any atom is 0.263 e. The number of aromatic nitrogens is 3. The van der Waals surface area contributed by atoms with Gasteiger partial charge in [0.05, 0.1) is 18.8 Å². The molecule has 2 aliphatic rings. The molecule has 2 atom stereocenters. The Bertz CT molecular complexity index is 760. The Labute approximate surface area is 146 Å². The van der Waals surface area contributed by atoms with Gasteiger partial charge in [-0.3, -0.25) is 4.79 Å². The molecule has 1 amide bonds. The lowest BCUT2D eigenvalue weighted by Crippen LogP contribution is -2.42. The van der Waals surface area contributed by atoms with Crippen LogP contribution in [0, 0.1) is 0 Å². The number of likely N-dealkylation sites (tertiary alicyclic amines) is 1. The van der Waals surface area contributed by atoms with Gasteiger partial charge in [0.15, 0.2) is 6.10 Å². The van der Waals surface area contributed by atoms with Gasteiger partial charge in [0, 0.05) is 20.2 Å². The fraction of sp³-hybridized carbons (Fsp3) is 0.500. The molecule has 7 heteroatoms. The van der Waals surface area contributed by atoms with Gasteiger partial charge in [-0.25, -0.2) is 4.68 Å². The van der Waals surface area contributed by atoms with Crippen LogP contribution in [0.5, 0.6) is 5.75 Å². The predicted molar refractivity (Wildman–Crippen MR) is 90.1 cm³/mol. The summed E-state index contributed by atoms with van der Waals surface area (Å²) < 4.78 is 12.9. The molecule has 2 aromatic rings. The number of methoxy groups -OCH3 is 1. The zero-order valence-electron chi connectivity index (χ0n) is 14.3. The van der Waals surface area contributed by atoms with E-state index in [4.69, 9.17) is 9.47 Å². The first-order chi connectivity index (χ1) is 12.2. The Kier molecular flexibility index (Phi) is 4.40. The number of rotatable bonds is 4. The van der Waals surface area contributed by atoms with Gasteiger partial charge in [0.25, 0.3) is 5.91 Å². The molecule has 0 aliphatic carbocycles. The molecule has 0 bridgehead atoms. The van der Waals surface area contributed by atoms with Crippen molar-refractivity contribution in [2.24, 2.45) is 0 Å². The minimum Gasteiger partial charge on any atom is -0.480 e. The number of amides is 1. The lowest BCUT2D eigenvalue weighted by Gasteiger charge is -2.28. The molecule has 1 fully saturated rings. The second-order valence-electron chi connectivity index (χ2n) is 6.60. The van der Waals surface area contributed by atoms with Crippen molar-refractivity contribution in [2.45, 2.75) is 38.0 Å². The van der Waals surface area contributed by atoms with Gasteiger partial charge in [-0.05, 0) is 30.9 Å². The second kappa shape index (κ2) is 6.84. The van der Waals surface area contributed by atoms with Crippen LogP contribution in [0.25, 0.3) is 0 Å². The monoisotopic (exact) mass is 342 g/mol. The van der Waals surface area contributed by atoms with Gasteiger partial charge >= 0.3 is 0 Å². The molecule has 0 unspecified atom stereocenters. The maximum absolute atomic E-state index is 12.8. The Balaban J connectivity index is 1.39. The van der Waals surface area contributed by atoms with E-state index in [0.29, 0.717) is 13.2 Å². The highest BCUT2D eigenvalue weighted by Gasteiger charge is 2.34. The van der Waals surface area contributed by atoms with Crippen molar-refractivity contribution in [2.75, 3.05) is 20.2 Å². The molecule has 1 aromatic carbocycles. The van der Waals surface area contributed by atoms with Crippen LogP contribution in [0.15, 0.2) is 30.5 Å². The fourth-order valence-electron chi connectivity index (χ4n) is 3.57. The lowest BCUT2D eigenvalue weighted by atomic mass is 10.0. The lowest BCUT2D eigenvalue weighted by molar-refractivity contribution is -0.138. The van der Waals surface area contributed by atoms with E-state index in [-0.39, 0.29) is 18.1 Å². The first-order valence-electron chi connectivity index (χ1n) is 8.67. The summed E-state index contributed by atoms with van der Waals surface area (Å²) in [6.45, 7) is 1.82. The van der Waals surface area contributed by atoms with Crippen molar-refractivity contribution in [3.63, 3.8) is 0 Å². The number of aryl methyl sites for hydroxylation is 1. The Hall–Kier alpha value is -2.41. The number of fused-ring (bicyclic) bond motifs is 1. The molecule has 2 aliphatic heterocycles. The van der Waals surface area contributed by atoms with E-state index in [2.05, 4.69) is 16.4 Å². The molecule has 25 heavy (non-hydrogen) atoms. The van der Waals surface area contributed by atoms with Crippen LogP contribution in [0.2, 0.25) is 0 Å². The number of carbonyl (C=O) groups is 1. The largest absolute Gasteiger partial charge is 0.480 e. The third-order valence-corrected chi connectivity index (χ3v) is 4.89. The summed E-state index contributed by atoms with van der Waals surface area (Å²) in [5.74, 6) is 0.914. The van der Waals surface area contributed by atoms with Crippen molar-refractivity contribution in [1.82, 2.24) is 19.9 Å². The van der Waals surface area contributed by atoms with Gasteiger partial charge in [0.2, 0.25) is 0 Å². The van der Waals surface area contributed by atoms with Gasteiger partial charge in [0.1, 0.15) is 11.4 Å². The number of hydrogen-bond acceptors (Lipinski definition) is 5. The highest BCUT2D eigenvalue weighted by atomic mass is 16.5. The zero-order chi connectivity index (χ0) is 17.2. The SMILES string of the molecule is COCc1cn([C@H]2CCN(C(=O)[C@@H]3CCc4ccccc4O3)C2)nn1. The summed E-state index contributed by atoms with van der Waals surface area (Å²) in [4.78, 5) is 14.7. The molecule has 7 nitrogen and oxygen atoms in total. The molecule has 0 N–H and O–H groups in total. The molecule has 132 valence electrons. The zero-order valence-corrected chi connectivity index (χ0v) is 14.3. The van der Waals surface area contributed by atoms with Crippen LogP contribution >= 0.6 is 0 Å². The van der Waals surface area contributed by atoms with Crippen molar-refractivity contribution in [1.29, 1.82) is 0 Å². The van der Waals surface area contributed by atoms with Crippen LogP contribution < -0.4 is 4.74 Å². The fourth-order valence-corrected chi connectivity index (χ4v) is 3.57. The van der Waals surface area contributed by atoms with Crippen molar-refractivity contribution in [3.8, 4) is 5.75 Å². The van der Waals surface area contributed by atoms with Gasteiger partial charge in [-0.15, -0.1) is 5.10 Å². The highest BCUT2D eigenvalue weighted by Crippen LogP contribution is 2.29. The second-order valence-corrected chi connectivity index (χ2v) is 6.60. The molecule has 1 saturated heterocycles. The van der Waals surface area contributed by atoms with Crippen LogP contribution in [-0.2, 0) is 22.6 Å². The third-order valence-electron chi connectivity index (χ3n) is 4.89. The first-order valence-corrected chi connectivity index (χ1v) is 8.67. The molecular weight excluding hydrogens is 320 g/mol. The van der Waals surface area contributed by atoms with Crippen molar-refractivity contribution < 1.29 is 14.3 Å². The van der Waals surface area contributed by atoms with E-state index < -0.39 is 0 Å². The normalized spacial score (nSPS) is 22.5. The third kappa shape index (κ3) is 3.24. The van der Waals surface area contributed by atoms with E-state index >= 15 is 0 Å². The van der Waals surface area contributed by atoms with E-state index in [0.717, 1.165) is 37.3 Å².